The Labute approximate surface area is 216 Å². The maximum atomic E-state index is 12.3. The number of nitrogens with zero attached hydrogens (tertiary/aromatic N) is 3. The van der Waals surface area contributed by atoms with E-state index in [4.69, 9.17) is 9.47 Å². The van der Waals surface area contributed by atoms with Crippen LogP contribution in [0.2, 0.25) is 19.1 Å². The number of rotatable bonds is 8. The molecule has 3 aromatic rings. The number of anilines is 1. The summed E-state index contributed by atoms with van der Waals surface area (Å²) in [5.74, 6) is 0.487. The second kappa shape index (κ2) is 11.1. The number of hydrogen-bond donors (Lipinski definition) is 2. The zero-order chi connectivity index (χ0) is 25.8. The van der Waals surface area contributed by atoms with Crippen molar-refractivity contribution in [1.29, 1.82) is 5.26 Å². The van der Waals surface area contributed by atoms with Crippen LogP contribution in [0.25, 0.3) is 10.9 Å². The van der Waals surface area contributed by atoms with Gasteiger partial charge in [-0.25, -0.2) is 14.6 Å². The molecule has 0 saturated carbocycles. The zero-order valence-corrected chi connectivity index (χ0v) is 22.7. The van der Waals surface area contributed by atoms with Crippen molar-refractivity contribution < 1.29 is 19.1 Å². The normalized spacial score (nSPS) is 14.6. The van der Waals surface area contributed by atoms with Gasteiger partial charge >= 0.3 is 12.2 Å². The predicted molar refractivity (Wildman–Crippen MR) is 141 cm³/mol. The number of nitrogens with one attached hydrogen (secondary N) is 2. The number of thiazole rings is 1. The highest BCUT2D eigenvalue weighted by Crippen LogP contribution is 2.35. The first kappa shape index (κ1) is 25.7. The fourth-order valence-electron chi connectivity index (χ4n) is 4.37. The lowest BCUT2D eigenvalue weighted by atomic mass is 10.1. The standard InChI is InChI=1S/C25H30N5O4SSi/c1-15(2)34-25(32)28-17-10-19-18-9-16(12-26)5-6-20(18)30(21(19)11-17)13-22-23(27-14-35-22)29-24(31)33-7-8-36(3)4/h5-6,9,14-15,17H,7-8,10-11,13H2,1-4H3,(H,28,32)(H,29,31)/t17-/m0/s1. The van der Waals surface area contributed by atoms with Gasteiger partial charge in [0, 0.05) is 37.9 Å². The summed E-state index contributed by atoms with van der Waals surface area (Å²) in [6.45, 7) is 8.88. The average molecular weight is 525 g/mol. The van der Waals surface area contributed by atoms with Crippen LogP contribution in [0.4, 0.5) is 15.4 Å². The average Bonchev–Trinajstić information content (AvgIpc) is 3.48. The van der Waals surface area contributed by atoms with Crippen molar-refractivity contribution in [1.82, 2.24) is 14.9 Å². The number of alkyl carbamates (subject to hydrolysis) is 1. The van der Waals surface area contributed by atoms with Gasteiger partial charge in [-0.3, -0.25) is 5.32 Å². The summed E-state index contributed by atoms with van der Waals surface area (Å²) in [7, 11) is -0.459. The summed E-state index contributed by atoms with van der Waals surface area (Å²) in [4.78, 5) is 29.7. The van der Waals surface area contributed by atoms with Gasteiger partial charge in [-0.05, 0) is 50.1 Å². The van der Waals surface area contributed by atoms with E-state index < -0.39 is 21.0 Å². The minimum Gasteiger partial charge on any atom is -0.450 e. The van der Waals surface area contributed by atoms with Gasteiger partial charge in [0.2, 0.25) is 0 Å². The van der Waals surface area contributed by atoms with Gasteiger partial charge < -0.3 is 19.4 Å². The molecule has 0 fully saturated rings. The second-order valence-corrected chi connectivity index (χ2v) is 13.3. The van der Waals surface area contributed by atoms with Gasteiger partial charge in [0.1, 0.15) is 0 Å². The molecule has 1 aromatic carbocycles. The lowest BCUT2D eigenvalue weighted by molar-refractivity contribution is 0.112. The fourth-order valence-corrected chi connectivity index (χ4v) is 5.58. The van der Waals surface area contributed by atoms with Crippen molar-refractivity contribution in [2.45, 2.75) is 64.5 Å². The molecule has 4 rings (SSSR count). The Morgan fingerprint density at radius 1 is 1.31 bits per heavy atom. The molecule has 189 valence electrons. The molecular weight excluding hydrogens is 494 g/mol. The quantitative estimate of drug-likeness (QED) is 0.404. The first-order valence-electron chi connectivity index (χ1n) is 11.9. The molecule has 0 saturated heterocycles. The van der Waals surface area contributed by atoms with Crippen LogP contribution in [-0.4, -0.2) is 49.3 Å². The van der Waals surface area contributed by atoms with E-state index >= 15 is 0 Å². The molecule has 0 aliphatic heterocycles. The van der Waals surface area contributed by atoms with Crippen molar-refractivity contribution >= 4 is 49.0 Å². The molecule has 2 N–H and O–H groups in total. The number of benzene rings is 1. The van der Waals surface area contributed by atoms with E-state index in [9.17, 15) is 14.9 Å². The molecule has 2 aromatic heterocycles. The van der Waals surface area contributed by atoms with E-state index in [0.717, 1.165) is 33.1 Å². The van der Waals surface area contributed by atoms with Crippen LogP contribution in [0, 0.1) is 11.3 Å². The Bertz CT molecular complexity index is 1310. The molecule has 0 unspecified atom stereocenters. The van der Waals surface area contributed by atoms with Crippen LogP contribution in [-0.2, 0) is 28.9 Å². The Morgan fingerprint density at radius 3 is 2.83 bits per heavy atom. The first-order chi connectivity index (χ1) is 17.2. The zero-order valence-electron chi connectivity index (χ0n) is 20.9. The highest BCUT2D eigenvalue weighted by molar-refractivity contribution is 7.10. The van der Waals surface area contributed by atoms with Crippen LogP contribution in [0.3, 0.4) is 0 Å². The lowest BCUT2D eigenvalue weighted by Gasteiger charge is -2.16. The second-order valence-electron chi connectivity index (χ2n) is 9.40. The highest BCUT2D eigenvalue weighted by Gasteiger charge is 2.30. The smallest absolute Gasteiger partial charge is 0.412 e. The molecule has 9 nitrogen and oxygen atoms in total. The van der Waals surface area contributed by atoms with Gasteiger partial charge in [-0.1, -0.05) is 13.1 Å². The van der Waals surface area contributed by atoms with Crippen LogP contribution >= 0.6 is 11.3 Å². The number of carbonyl (C=O) groups is 2. The molecule has 0 spiro atoms. The van der Waals surface area contributed by atoms with Crippen LogP contribution in [0.15, 0.2) is 23.7 Å². The SMILES string of the molecule is CC(C)OC(=O)N[C@H]1Cc2c(n(Cc3scnc3NC(=O)OCC[Si](C)C)c3ccc(C#N)cc23)C1. The molecule has 1 atom stereocenters. The number of carbonyl (C=O) groups excluding carboxylic acids is 2. The fraction of sp³-hybridized carbons (Fsp3) is 0.440. The number of aromatic nitrogens is 2. The largest absolute Gasteiger partial charge is 0.450 e. The van der Waals surface area contributed by atoms with E-state index in [-0.39, 0.29) is 12.1 Å². The summed E-state index contributed by atoms with van der Waals surface area (Å²) in [6.07, 6.45) is 0.165. The Balaban J connectivity index is 1.57. The minimum absolute atomic E-state index is 0.0970. The van der Waals surface area contributed by atoms with Crippen molar-refractivity contribution in [3.05, 3.63) is 45.4 Å². The van der Waals surface area contributed by atoms with E-state index in [0.29, 0.717) is 37.4 Å². The third-order valence-electron chi connectivity index (χ3n) is 5.97. The summed E-state index contributed by atoms with van der Waals surface area (Å²) in [5.41, 5.74) is 5.51. The molecule has 11 heteroatoms. The minimum atomic E-state index is -0.500. The van der Waals surface area contributed by atoms with E-state index in [1.54, 1.807) is 5.51 Å². The molecule has 1 radical (unpaired) electrons. The summed E-state index contributed by atoms with van der Waals surface area (Å²) in [5, 5.41) is 16.2. The molecule has 2 amide bonds. The molecule has 36 heavy (non-hydrogen) atoms. The van der Waals surface area contributed by atoms with E-state index in [1.807, 2.05) is 32.0 Å². The van der Waals surface area contributed by atoms with Crippen molar-refractivity contribution in [3.63, 3.8) is 0 Å². The van der Waals surface area contributed by atoms with Crippen LogP contribution in [0.5, 0.6) is 0 Å². The van der Waals surface area contributed by atoms with Gasteiger partial charge in [-0.2, -0.15) is 5.26 Å². The number of fused-ring (bicyclic) bond motifs is 3. The van der Waals surface area contributed by atoms with E-state index in [2.05, 4.69) is 39.3 Å². The maximum Gasteiger partial charge on any atom is 0.412 e. The van der Waals surface area contributed by atoms with Crippen molar-refractivity contribution in [2.24, 2.45) is 0 Å². The Hall–Kier alpha value is -3.36. The third-order valence-corrected chi connectivity index (χ3v) is 7.99. The van der Waals surface area contributed by atoms with Gasteiger partial charge in [-0.15, -0.1) is 11.3 Å². The highest BCUT2D eigenvalue weighted by atomic mass is 32.1. The number of nitriles is 1. The van der Waals surface area contributed by atoms with Gasteiger partial charge in [0.25, 0.3) is 0 Å². The molecular formula is C25H30N5O4SSi. The van der Waals surface area contributed by atoms with Crippen LogP contribution in [0.1, 0.15) is 35.5 Å². The summed E-state index contributed by atoms with van der Waals surface area (Å²) < 4.78 is 12.8. The topological polar surface area (TPSA) is 118 Å². The summed E-state index contributed by atoms with van der Waals surface area (Å²) in [6, 6.07) is 8.69. The van der Waals surface area contributed by atoms with Crippen molar-refractivity contribution in [3.8, 4) is 6.07 Å². The molecule has 1 aliphatic rings. The van der Waals surface area contributed by atoms with Crippen LogP contribution < -0.4 is 10.6 Å². The lowest BCUT2D eigenvalue weighted by Crippen LogP contribution is -2.37. The van der Waals surface area contributed by atoms with Crippen molar-refractivity contribution in [2.75, 3.05) is 11.9 Å². The third kappa shape index (κ3) is 5.88. The number of amides is 2. The number of ether oxygens (including phenoxy) is 2. The Kier molecular flexibility index (Phi) is 7.96. The molecule has 0 bridgehead atoms. The predicted octanol–water partition coefficient (Wildman–Crippen LogP) is 4.92. The molecule has 1 aliphatic carbocycles. The first-order valence-corrected chi connectivity index (χ1v) is 15.5. The van der Waals surface area contributed by atoms with Gasteiger partial charge in [0.15, 0.2) is 5.82 Å². The monoisotopic (exact) mass is 524 g/mol. The van der Waals surface area contributed by atoms with E-state index in [1.165, 1.54) is 11.3 Å². The van der Waals surface area contributed by atoms with Gasteiger partial charge in [0.05, 0.1) is 41.3 Å². The maximum absolute atomic E-state index is 12.3. The Morgan fingerprint density at radius 2 is 2.11 bits per heavy atom. The molecule has 2 heterocycles. The number of hydrogen-bond acceptors (Lipinski definition) is 7. The summed E-state index contributed by atoms with van der Waals surface area (Å²) >= 11 is 1.46.